The minimum atomic E-state index is -4.62. The van der Waals surface area contributed by atoms with Crippen molar-refractivity contribution in [3.8, 4) is 11.4 Å². The van der Waals surface area contributed by atoms with Gasteiger partial charge in [0.25, 0.3) is 0 Å². The number of rotatable bonds is 5. The van der Waals surface area contributed by atoms with Gasteiger partial charge in [-0.15, -0.1) is 10.2 Å². The van der Waals surface area contributed by atoms with Crippen molar-refractivity contribution < 1.29 is 13.2 Å². The number of hydrogen-bond acceptors (Lipinski definition) is 7. The molecule has 0 N–H and O–H groups in total. The minimum Gasteiger partial charge on any atom is -0.196 e. The molecule has 0 amide bonds. The second-order valence-corrected chi connectivity index (χ2v) is 7.93. The maximum atomic E-state index is 13.5. The van der Waals surface area contributed by atoms with Crippen LogP contribution in [0.1, 0.15) is 22.5 Å². The topological polar surface area (TPSA) is 87.2 Å². The van der Waals surface area contributed by atoms with E-state index in [9.17, 15) is 13.2 Å². The van der Waals surface area contributed by atoms with Crippen LogP contribution in [0, 0.1) is 13.8 Å². The van der Waals surface area contributed by atoms with E-state index < -0.39 is 11.7 Å². The van der Waals surface area contributed by atoms with Gasteiger partial charge >= 0.3 is 6.18 Å². The largest absolute Gasteiger partial charge is 0.418 e. The summed E-state index contributed by atoms with van der Waals surface area (Å²) >= 11 is 6.96. The van der Waals surface area contributed by atoms with Gasteiger partial charge in [0.1, 0.15) is 0 Å². The fourth-order valence-corrected chi connectivity index (χ4v) is 3.88. The predicted molar refractivity (Wildman–Crippen MR) is 107 cm³/mol. The van der Waals surface area contributed by atoms with E-state index in [0.29, 0.717) is 5.16 Å². The lowest BCUT2D eigenvalue weighted by atomic mass is 10.1. The maximum Gasteiger partial charge on any atom is 0.418 e. The Morgan fingerprint density at radius 3 is 2.48 bits per heavy atom. The molecule has 0 radical (unpaired) electrons. The highest BCUT2D eigenvalue weighted by atomic mass is 35.5. The number of hydrogen-bond donors (Lipinski definition) is 0. The summed E-state index contributed by atoms with van der Waals surface area (Å²) in [5, 5.41) is 23.4. The fourth-order valence-electron chi connectivity index (χ4n) is 2.92. The Kier molecular flexibility index (Phi) is 5.67. The van der Waals surface area contributed by atoms with E-state index in [1.807, 2.05) is 32.0 Å². The van der Waals surface area contributed by atoms with Crippen molar-refractivity contribution in [1.29, 1.82) is 0 Å². The number of aryl methyl sites for hydroxylation is 1. The van der Waals surface area contributed by atoms with E-state index in [2.05, 4.69) is 31.1 Å². The molecule has 4 rings (SSSR count). The number of benzene rings is 2. The van der Waals surface area contributed by atoms with Crippen LogP contribution in [-0.2, 0) is 11.9 Å². The van der Waals surface area contributed by atoms with Gasteiger partial charge in [0.05, 0.1) is 22.7 Å². The second kappa shape index (κ2) is 8.27. The molecule has 2 heterocycles. The Labute approximate surface area is 183 Å². The van der Waals surface area contributed by atoms with Crippen LogP contribution in [0.4, 0.5) is 13.2 Å². The lowest BCUT2D eigenvalue weighted by Crippen LogP contribution is -2.13. The summed E-state index contributed by atoms with van der Waals surface area (Å²) in [6.07, 6.45) is -4.62. The first-order valence-corrected chi connectivity index (χ1v) is 10.2. The number of alkyl halides is 3. The van der Waals surface area contributed by atoms with E-state index in [0.717, 1.165) is 27.6 Å². The minimum absolute atomic E-state index is 0.0345. The lowest BCUT2D eigenvalue weighted by Gasteiger charge is -2.14. The van der Waals surface area contributed by atoms with Gasteiger partial charge in [-0.05, 0) is 70.1 Å². The Balaban J connectivity index is 1.64. The highest BCUT2D eigenvalue weighted by Crippen LogP contribution is 2.36. The average Bonchev–Trinajstić information content (AvgIpc) is 3.37. The third kappa shape index (κ3) is 4.26. The van der Waals surface area contributed by atoms with Gasteiger partial charge < -0.3 is 0 Å². The third-order valence-electron chi connectivity index (χ3n) is 4.60. The third-order valence-corrected chi connectivity index (χ3v) is 5.75. The molecule has 8 nitrogen and oxygen atoms in total. The van der Waals surface area contributed by atoms with Crippen LogP contribution >= 0.6 is 23.4 Å². The molecule has 0 saturated heterocycles. The molecule has 2 aromatic carbocycles. The normalized spacial score (nSPS) is 11.8. The van der Waals surface area contributed by atoms with Crippen LogP contribution in [0.2, 0.25) is 5.02 Å². The Morgan fingerprint density at radius 2 is 1.71 bits per heavy atom. The first-order chi connectivity index (χ1) is 14.8. The molecular formula is C18H14ClF3N8S. The zero-order valence-corrected chi connectivity index (χ0v) is 17.7. The molecule has 0 spiro atoms. The van der Waals surface area contributed by atoms with Crippen molar-refractivity contribution in [1.82, 2.24) is 40.4 Å². The summed E-state index contributed by atoms with van der Waals surface area (Å²) in [6.45, 7) is 3.94. The molecule has 0 saturated carbocycles. The molecule has 0 unspecified atom stereocenters. The summed E-state index contributed by atoms with van der Waals surface area (Å²) in [5.74, 6) is 0.339. The maximum absolute atomic E-state index is 13.5. The van der Waals surface area contributed by atoms with Gasteiger partial charge in [-0.3, -0.25) is 0 Å². The van der Waals surface area contributed by atoms with Crippen LogP contribution in [0.3, 0.4) is 0 Å². The smallest absolute Gasteiger partial charge is 0.196 e. The molecule has 160 valence electrons. The van der Waals surface area contributed by atoms with E-state index in [4.69, 9.17) is 11.6 Å². The average molecular weight is 467 g/mol. The SMILES string of the molecule is Cc1cccc(-n2nnnc2SCc2nnnn2-c2ccc(Cl)cc2C(F)(F)F)c1C. The van der Waals surface area contributed by atoms with Crippen LogP contribution in [0.25, 0.3) is 11.4 Å². The van der Waals surface area contributed by atoms with Crippen molar-refractivity contribution in [2.75, 3.05) is 0 Å². The molecule has 0 aliphatic rings. The van der Waals surface area contributed by atoms with Crippen molar-refractivity contribution in [3.63, 3.8) is 0 Å². The zero-order valence-electron chi connectivity index (χ0n) is 16.2. The highest BCUT2D eigenvalue weighted by molar-refractivity contribution is 7.98. The van der Waals surface area contributed by atoms with E-state index in [1.54, 1.807) is 4.68 Å². The second-order valence-electron chi connectivity index (χ2n) is 6.55. The fraction of sp³-hybridized carbons (Fsp3) is 0.222. The Bertz CT molecular complexity index is 1240. The summed E-state index contributed by atoms with van der Waals surface area (Å²) in [5.41, 5.74) is 1.75. The van der Waals surface area contributed by atoms with Crippen molar-refractivity contribution in [3.05, 3.63) is 63.9 Å². The van der Waals surface area contributed by atoms with Gasteiger partial charge in [-0.1, -0.05) is 35.5 Å². The van der Waals surface area contributed by atoms with Crippen LogP contribution < -0.4 is 0 Å². The van der Waals surface area contributed by atoms with Crippen LogP contribution in [-0.4, -0.2) is 40.4 Å². The monoisotopic (exact) mass is 466 g/mol. The molecule has 0 fully saturated rings. The number of nitrogens with zero attached hydrogens (tertiary/aromatic N) is 8. The highest BCUT2D eigenvalue weighted by Gasteiger charge is 2.35. The summed E-state index contributed by atoms with van der Waals surface area (Å²) in [7, 11) is 0. The van der Waals surface area contributed by atoms with Gasteiger partial charge in [-0.2, -0.15) is 22.5 Å². The standard InChI is InChI=1S/C18H14ClF3N8S/c1-10-4-3-5-14(11(10)2)30-17(24-26-28-30)31-9-16-23-25-27-29(16)15-7-6-12(19)8-13(15)18(20,21)22/h3-8H,9H2,1-2H3. The van der Waals surface area contributed by atoms with Gasteiger partial charge in [0, 0.05) is 5.02 Å². The molecule has 0 aliphatic carbocycles. The summed E-state index contributed by atoms with van der Waals surface area (Å²) < 4.78 is 43.1. The molecular weight excluding hydrogens is 453 g/mol. The van der Waals surface area contributed by atoms with E-state index in [1.165, 1.54) is 23.9 Å². The molecule has 0 atom stereocenters. The van der Waals surface area contributed by atoms with Crippen molar-refractivity contribution in [2.45, 2.75) is 30.9 Å². The molecule has 0 aliphatic heterocycles. The van der Waals surface area contributed by atoms with Gasteiger partial charge in [0.15, 0.2) is 5.82 Å². The van der Waals surface area contributed by atoms with Crippen molar-refractivity contribution in [2.24, 2.45) is 0 Å². The Morgan fingerprint density at radius 1 is 0.968 bits per heavy atom. The predicted octanol–water partition coefficient (Wildman–Crippen LogP) is 4.22. The quantitative estimate of drug-likeness (QED) is 0.407. The van der Waals surface area contributed by atoms with Crippen molar-refractivity contribution >= 4 is 23.4 Å². The molecule has 31 heavy (non-hydrogen) atoms. The first kappa shape index (κ1) is 21.2. The lowest BCUT2D eigenvalue weighted by molar-refractivity contribution is -0.137. The molecule has 0 bridgehead atoms. The number of tetrazole rings is 2. The summed E-state index contributed by atoms with van der Waals surface area (Å²) in [4.78, 5) is 0. The number of thioether (sulfide) groups is 1. The van der Waals surface area contributed by atoms with Crippen LogP contribution in [0.15, 0.2) is 41.6 Å². The number of aromatic nitrogens is 8. The van der Waals surface area contributed by atoms with Crippen LogP contribution in [0.5, 0.6) is 0 Å². The van der Waals surface area contributed by atoms with E-state index in [-0.39, 0.29) is 22.3 Å². The van der Waals surface area contributed by atoms with Gasteiger partial charge in [-0.25, -0.2) is 0 Å². The molecule has 13 heteroatoms. The Hall–Kier alpha value is -2.99. The van der Waals surface area contributed by atoms with E-state index >= 15 is 0 Å². The first-order valence-electron chi connectivity index (χ1n) is 8.88. The van der Waals surface area contributed by atoms with Gasteiger partial charge in [0.2, 0.25) is 5.16 Å². The molecule has 2 aromatic heterocycles. The zero-order chi connectivity index (χ0) is 22.2. The summed E-state index contributed by atoms with van der Waals surface area (Å²) in [6, 6.07) is 9.19. The number of halogens is 4. The molecule has 4 aromatic rings.